The van der Waals surface area contributed by atoms with E-state index in [2.05, 4.69) is 5.16 Å². The summed E-state index contributed by atoms with van der Waals surface area (Å²) in [6, 6.07) is 14.6. The van der Waals surface area contributed by atoms with E-state index in [0.717, 1.165) is 11.3 Å². The van der Waals surface area contributed by atoms with Crippen molar-refractivity contribution < 1.29 is 23.5 Å². The molecule has 2 aliphatic heterocycles. The van der Waals surface area contributed by atoms with Gasteiger partial charge in [-0.05, 0) is 30.3 Å². The van der Waals surface area contributed by atoms with Crippen LogP contribution >= 0.6 is 0 Å². The van der Waals surface area contributed by atoms with Crippen LogP contribution in [0.5, 0.6) is 17.2 Å². The van der Waals surface area contributed by atoms with Crippen LogP contribution in [0.15, 0.2) is 53.1 Å². The third-order valence-corrected chi connectivity index (χ3v) is 4.53. The zero-order chi connectivity index (χ0) is 18.2. The van der Waals surface area contributed by atoms with Crippen molar-refractivity contribution in [2.75, 3.05) is 31.3 Å². The van der Waals surface area contributed by atoms with Crippen molar-refractivity contribution in [1.29, 1.82) is 0 Å². The first-order chi connectivity index (χ1) is 13.3. The maximum atomic E-state index is 12.9. The Kier molecular flexibility index (Phi) is 3.71. The molecular formula is C20H16N2O5. The first-order valence-corrected chi connectivity index (χ1v) is 8.70. The Morgan fingerprint density at radius 1 is 0.889 bits per heavy atom. The van der Waals surface area contributed by atoms with Gasteiger partial charge in [0.1, 0.15) is 25.6 Å². The van der Waals surface area contributed by atoms with E-state index in [1.807, 2.05) is 42.5 Å². The van der Waals surface area contributed by atoms with Gasteiger partial charge in [0.05, 0.1) is 12.2 Å². The summed E-state index contributed by atoms with van der Waals surface area (Å²) in [5.74, 6) is 2.32. The Labute approximate surface area is 155 Å². The van der Waals surface area contributed by atoms with Crippen molar-refractivity contribution in [3.63, 3.8) is 0 Å². The second-order valence-electron chi connectivity index (χ2n) is 6.21. The summed E-state index contributed by atoms with van der Waals surface area (Å²) in [5, 5.41) is 3.97. The Hall–Kier alpha value is -3.48. The molecule has 0 radical (unpaired) electrons. The number of carbonyl (C=O) groups is 1. The lowest BCUT2D eigenvalue weighted by Crippen LogP contribution is -2.38. The van der Waals surface area contributed by atoms with Crippen molar-refractivity contribution >= 4 is 11.6 Å². The highest BCUT2D eigenvalue weighted by molar-refractivity contribution is 6.06. The molecule has 0 N–H and O–H groups in total. The number of fused-ring (bicyclic) bond motifs is 2. The van der Waals surface area contributed by atoms with Gasteiger partial charge in [0.25, 0.3) is 5.91 Å². The van der Waals surface area contributed by atoms with Crippen molar-refractivity contribution in [2.24, 2.45) is 0 Å². The number of para-hydroxylation sites is 2. The molecular weight excluding hydrogens is 348 g/mol. The summed E-state index contributed by atoms with van der Waals surface area (Å²) < 4.78 is 22.1. The molecule has 1 aromatic heterocycles. The minimum absolute atomic E-state index is 0.224. The van der Waals surface area contributed by atoms with Crippen molar-refractivity contribution in [3.8, 4) is 28.6 Å². The average molecular weight is 364 g/mol. The molecule has 1 amide bonds. The zero-order valence-electron chi connectivity index (χ0n) is 14.4. The lowest BCUT2D eigenvalue weighted by Gasteiger charge is -2.28. The summed E-state index contributed by atoms with van der Waals surface area (Å²) in [7, 11) is 0. The molecule has 0 saturated heterocycles. The summed E-state index contributed by atoms with van der Waals surface area (Å²) in [5.41, 5.74) is 1.75. The zero-order valence-corrected chi connectivity index (χ0v) is 14.4. The number of amides is 1. The van der Waals surface area contributed by atoms with Gasteiger partial charge in [0, 0.05) is 11.6 Å². The second kappa shape index (κ2) is 6.35. The molecule has 0 saturated carbocycles. The highest BCUT2D eigenvalue weighted by atomic mass is 16.6. The molecule has 3 aromatic rings. The molecule has 0 atom stereocenters. The van der Waals surface area contributed by atoms with E-state index in [9.17, 15) is 4.79 Å². The largest absolute Gasteiger partial charge is 0.490 e. The molecule has 27 heavy (non-hydrogen) atoms. The third-order valence-electron chi connectivity index (χ3n) is 4.53. The van der Waals surface area contributed by atoms with Gasteiger partial charge in [-0.15, -0.1) is 0 Å². The van der Waals surface area contributed by atoms with Crippen LogP contribution < -0.4 is 19.1 Å². The quantitative estimate of drug-likeness (QED) is 0.695. The maximum Gasteiger partial charge on any atom is 0.280 e. The number of aromatic nitrogens is 1. The topological polar surface area (TPSA) is 74.0 Å². The predicted molar refractivity (Wildman–Crippen MR) is 96.5 cm³/mol. The number of benzene rings is 2. The first kappa shape index (κ1) is 15.7. The average Bonchev–Trinajstić information content (AvgIpc) is 3.23. The van der Waals surface area contributed by atoms with Gasteiger partial charge in [0.15, 0.2) is 23.0 Å². The van der Waals surface area contributed by atoms with Gasteiger partial charge in [-0.2, -0.15) is 0 Å². The molecule has 136 valence electrons. The number of nitrogens with zero attached hydrogens (tertiary/aromatic N) is 2. The van der Waals surface area contributed by atoms with Crippen molar-refractivity contribution in [3.05, 3.63) is 54.2 Å². The van der Waals surface area contributed by atoms with E-state index in [0.29, 0.717) is 49.4 Å². The highest BCUT2D eigenvalue weighted by Crippen LogP contribution is 2.35. The van der Waals surface area contributed by atoms with Crippen LogP contribution in [0.1, 0.15) is 10.5 Å². The molecule has 5 rings (SSSR count). The fraction of sp³-hybridized carbons (Fsp3) is 0.200. The summed E-state index contributed by atoms with van der Waals surface area (Å²) in [6.07, 6.45) is 0. The summed E-state index contributed by atoms with van der Waals surface area (Å²) in [6.45, 7) is 1.94. The number of carbonyl (C=O) groups excluding carboxylic acids is 1. The molecule has 0 spiro atoms. The van der Waals surface area contributed by atoms with Gasteiger partial charge in [-0.1, -0.05) is 17.3 Å². The number of hydrogen-bond acceptors (Lipinski definition) is 6. The van der Waals surface area contributed by atoms with E-state index in [4.69, 9.17) is 18.7 Å². The number of anilines is 1. The second-order valence-corrected chi connectivity index (χ2v) is 6.21. The van der Waals surface area contributed by atoms with E-state index < -0.39 is 0 Å². The van der Waals surface area contributed by atoms with Crippen LogP contribution in [0, 0.1) is 0 Å². The van der Waals surface area contributed by atoms with Crippen LogP contribution in [-0.2, 0) is 0 Å². The van der Waals surface area contributed by atoms with Crippen molar-refractivity contribution in [1.82, 2.24) is 5.16 Å². The molecule has 0 aliphatic carbocycles. The molecule has 2 aliphatic rings. The lowest BCUT2D eigenvalue weighted by atomic mass is 10.1. The Balaban J connectivity index is 1.44. The summed E-state index contributed by atoms with van der Waals surface area (Å²) >= 11 is 0. The molecule has 7 nitrogen and oxygen atoms in total. The Bertz CT molecular complexity index is 1010. The molecule has 2 aromatic carbocycles. The van der Waals surface area contributed by atoms with E-state index in [1.54, 1.807) is 11.0 Å². The van der Waals surface area contributed by atoms with Gasteiger partial charge < -0.3 is 18.7 Å². The van der Waals surface area contributed by atoms with Gasteiger partial charge in [-0.25, -0.2) is 0 Å². The van der Waals surface area contributed by atoms with Crippen LogP contribution in [0.4, 0.5) is 5.69 Å². The van der Waals surface area contributed by atoms with E-state index in [1.165, 1.54) is 0 Å². The normalized spacial score (nSPS) is 15.0. The third kappa shape index (κ3) is 2.77. The predicted octanol–water partition coefficient (Wildman–Crippen LogP) is 3.15. The standard InChI is InChI=1S/C20H16N2O5/c23-20(22-7-8-24-16-4-2-1-3-15(16)22)14-12-18(27-21-14)13-5-6-17-19(11-13)26-10-9-25-17/h1-6,11-12H,7-10H2. The van der Waals surface area contributed by atoms with Crippen molar-refractivity contribution in [2.45, 2.75) is 0 Å². The molecule has 0 unspecified atom stereocenters. The van der Waals surface area contributed by atoms with Crippen LogP contribution in [0.2, 0.25) is 0 Å². The minimum Gasteiger partial charge on any atom is -0.490 e. The van der Waals surface area contributed by atoms with E-state index >= 15 is 0 Å². The summed E-state index contributed by atoms with van der Waals surface area (Å²) in [4.78, 5) is 14.6. The van der Waals surface area contributed by atoms with Crippen LogP contribution in [0.3, 0.4) is 0 Å². The number of hydrogen-bond donors (Lipinski definition) is 0. The molecule has 0 bridgehead atoms. The first-order valence-electron chi connectivity index (χ1n) is 8.70. The fourth-order valence-electron chi connectivity index (χ4n) is 3.23. The van der Waals surface area contributed by atoms with Crippen LogP contribution in [0.25, 0.3) is 11.3 Å². The molecule has 0 fully saturated rings. The van der Waals surface area contributed by atoms with Crippen LogP contribution in [-0.4, -0.2) is 37.4 Å². The lowest BCUT2D eigenvalue weighted by molar-refractivity contribution is 0.0968. The van der Waals surface area contributed by atoms with Gasteiger partial charge in [-0.3, -0.25) is 9.69 Å². The highest BCUT2D eigenvalue weighted by Gasteiger charge is 2.27. The molecule has 3 heterocycles. The van der Waals surface area contributed by atoms with E-state index in [-0.39, 0.29) is 11.6 Å². The Morgan fingerprint density at radius 3 is 2.63 bits per heavy atom. The SMILES string of the molecule is O=C(c1cc(-c2ccc3c(c2)OCCO3)on1)N1CCOc2ccccc21. The smallest absolute Gasteiger partial charge is 0.280 e. The monoisotopic (exact) mass is 364 g/mol. The fourth-order valence-corrected chi connectivity index (χ4v) is 3.23. The minimum atomic E-state index is -0.224. The number of rotatable bonds is 2. The molecule has 7 heteroatoms. The Morgan fingerprint density at radius 2 is 1.70 bits per heavy atom. The van der Waals surface area contributed by atoms with Gasteiger partial charge >= 0.3 is 0 Å². The van der Waals surface area contributed by atoms with Gasteiger partial charge in [0.2, 0.25) is 0 Å². The number of ether oxygens (including phenoxy) is 3. The maximum absolute atomic E-state index is 12.9.